The number of hydrogen-bond donors (Lipinski definition) is 0. The molecular weight excluding hydrogens is 274 g/mol. The second-order valence-electron chi connectivity index (χ2n) is 6.12. The predicted molar refractivity (Wildman–Crippen MR) is 86.5 cm³/mol. The fraction of sp³-hybridized carbons (Fsp3) is 0.588. The maximum atomic E-state index is 4.59. The molecular formula is C17H25N5. The van der Waals surface area contributed by atoms with Crippen molar-refractivity contribution in [2.24, 2.45) is 0 Å². The fourth-order valence-corrected chi connectivity index (χ4v) is 3.22. The Balaban J connectivity index is 1.56. The molecule has 1 fully saturated rings. The molecule has 0 N–H and O–H groups in total. The largest absolute Gasteiger partial charge is 0.334 e. The molecule has 0 unspecified atom stereocenters. The van der Waals surface area contributed by atoms with Gasteiger partial charge >= 0.3 is 0 Å². The molecule has 0 bridgehead atoms. The quantitative estimate of drug-likeness (QED) is 0.851. The molecule has 0 aliphatic carbocycles. The van der Waals surface area contributed by atoms with E-state index in [-0.39, 0.29) is 0 Å². The average molecular weight is 299 g/mol. The predicted octanol–water partition coefficient (Wildman–Crippen LogP) is 2.77. The van der Waals surface area contributed by atoms with Gasteiger partial charge in [-0.15, -0.1) is 0 Å². The molecule has 0 spiro atoms. The molecule has 1 saturated heterocycles. The third kappa shape index (κ3) is 3.53. The SMILES string of the molecule is CCCn1ccnc1CN1CCC(c2ccnc(C)n2)CC1. The Hall–Kier alpha value is -1.75. The summed E-state index contributed by atoms with van der Waals surface area (Å²) in [7, 11) is 0. The van der Waals surface area contributed by atoms with Crippen molar-refractivity contribution in [3.63, 3.8) is 0 Å². The van der Waals surface area contributed by atoms with Gasteiger partial charge in [-0.05, 0) is 45.3 Å². The van der Waals surface area contributed by atoms with Gasteiger partial charge in [0.1, 0.15) is 11.6 Å². The molecule has 0 saturated carbocycles. The van der Waals surface area contributed by atoms with Crippen molar-refractivity contribution in [1.82, 2.24) is 24.4 Å². The van der Waals surface area contributed by atoms with Crippen molar-refractivity contribution in [1.29, 1.82) is 0 Å². The Kier molecular flexibility index (Phi) is 4.83. The third-order valence-corrected chi connectivity index (χ3v) is 4.43. The Labute approximate surface area is 132 Å². The number of nitrogens with zero attached hydrogens (tertiary/aromatic N) is 5. The number of likely N-dealkylation sites (tertiary alicyclic amines) is 1. The van der Waals surface area contributed by atoms with E-state index in [0.717, 1.165) is 38.4 Å². The monoisotopic (exact) mass is 299 g/mol. The van der Waals surface area contributed by atoms with Crippen LogP contribution in [0.1, 0.15) is 49.4 Å². The fourth-order valence-electron chi connectivity index (χ4n) is 3.22. The molecule has 22 heavy (non-hydrogen) atoms. The molecule has 5 heteroatoms. The molecule has 0 amide bonds. The number of imidazole rings is 1. The lowest BCUT2D eigenvalue weighted by atomic mass is 9.93. The van der Waals surface area contributed by atoms with Crippen LogP contribution in [0.5, 0.6) is 0 Å². The molecule has 0 radical (unpaired) electrons. The molecule has 2 aromatic rings. The van der Waals surface area contributed by atoms with Crippen LogP contribution in [-0.2, 0) is 13.1 Å². The number of piperidine rings is 1. The van der Waals surface area contributed by atoms with Crippen molar-refractivity contribution in [3.05, 3.63) is 42.0 Å². The van der Waals surface area contributed by atoms with Crippen molar-refractivity contribution < 1.29 is 0 Å². The van der Waals surface area contributed by atoms with Crippen molar-refractivity contribution in [2.75, 3.05) is 13.1 Å². The average Bonchev–Trinajstić information content (AvgIpc) is 2.96. The lowest BCUT2D eigenvalue weighted by Crippen LogP contribution is -2.33. The number of aromatic nitrogens is 4. The van der Waals surface area contributed by atoms with Gasteiger partial charge < -0.3 is 4.57 Å². The highest BCUT2D eigenvalue weighted by Crippen LogP contribution is 2.27. The van der Waals surface area contributed by atoms with Crippen LogP contribution in [0.2, 0.25) is 0 Å². The third-order valence-electron chi connectivity index (χ3n) is 4.43. The first-order chi connectivity index (χ1) is 10.8. The highest BCUT2D eigenvalue weighted by molar-refractivity contribution is 5.09. The van der Waals surface area contributed by atoms with E-state index in [9.17, 15) is 0 Å². The van der Waals surface area contributed by atoms with Crippen LogP contribution < -0.4 is 0 Å². The van der Waals surface area contributed by atoms with E-state index in [4.69, 9.17) is 0 Å². The first kappa shape index (κ1) is 15.2. The van der Waals surface area contributed by atoms with Crippen LogP contribution >= 0.6 is 0 Å². The van der Waals surface area contributed by atoms with E-state index >= 15 is 0 Å². The molecule has 5 nitrogen and oxygen atoms in total. The summed E-state index contributed by atoms with van der Waals surface area (Å²) in [6.07, 6.45) is 9.39. The van der Waals surface area contributed by atoms with Gasteiger partial charge in [-0.1, -0.05) is 6.92 Å². The minimum absolute atomic E-state index is 0.577. The number of aryl methyl sites for hydroxylation is 2. The molecule has 0 atom stereocenters. The van der Waals surface area contributed by atoms with E-state index in [0.29, 0.717) is 5.92 Å². The highest BCUT2D eigenvalue weighted by Gasteiger charge is 2.22. The van der Waals surface area contributed by atoms with Crippen LogP contribution in [0.25, 0.3) is 0 Å². The standard InChI is InChI=1S/C17H25N5/c1-3-9-22-12-8-19-17(22)13-21-10-5-15(6-11-21)16-4-7-18-14(2)20-16/h4,7-8,12,15H,3,5-6,9-11,13H2,1-2H3. The van der Waals surface area contributed by atoms with E-state index in [1.165, 1.54) is 24.4 Å². The summed E-state index contributed by atoms with van der Waals surface area (Å²) in [6.45, 7) is 8.43. The summed E-state index contributed by atoms with van der Waals surface area (Å²) in [4.78, 5) is 15.8. The van der Waals surface area contributed by atoms with Gasteiger partial charge in [0, 0.05) is 36.7 Å². The summed E-state index contributed by atoms with van der Waals surface area (Å²) in [5.41, 5.74) is 1.21. The smallest absolute Gasteiger partial charge is 0.125 e. The van der Waals surface area contributed by atoms with Gasteiger partial charge in [0.15, 0.2) is 0 Å². The Bertz CT molecular complexity index is 599. The van der Waals surface area contributed by atoms with Crippen molar-refractivity contribution in [3.8, 4) is 0 Å². The first-order valence-corrected chi connectivity index (χ1v) is 8.28. The van der Waals surface area contributed by atoms with Gasteiger partial charge in [0.2, 0.25) is 0 Å². The zero-order valence-electron chi connectivity index (χ0n) is 13.6. The van der Waals surface area contributed by atoms with E-state index in [1.54, 1.807) is 0 Å². The topological polar surface area (TPSA) is 46.8 Å². The van der Waals surface area contributed by atoms with Gasteiger partial charge in [-0.25, -0.2) is 15.0 Å². The van der Waals surface area contributed by atoms with Crippen molar-refractivity contribution in [2.45, 2.75) is 52.1 Å². The summed E-state index contributed by atoms with van der Waals surface area (Å²) < 4.78 is 2.28. The second-order valence-corrected chi connectivity index (χ2v) is 6.12. The number of hydrogen-bond acceptors (Lipinski definition) is 4. The van der Waals surface area contributed by atoms with Crippen LogP contribution in [0.4, 0.5) is 0 Å². The minimum atomic E-state index is 0.577. The van der Waals surface area contributed by atoms with E-state index in [1.807, 2.05) is 19.3 Å². The van der Waals surface area contributed by atoms with Gasteiger partial charge in [-0.2, -0.15) is 0 Å². The zero-order chi connectivity index (χ0) is 15.4. The van der Waals surface area contributed by atoms with Crippen LogP contribution in [-0.4, -0.2) is 37.5 Å². The lowest BCUT2D eigenvalue weighted by Gasteiger charge is -2.31. The molecule has 2 aromatic heterocycles. The van der Waals surface area contributed by atoms with E-state index < -0.39 is 0 Å². The number of rotatable bonds is 5. The van der Waals surface area contributed by atoms with Crippen LogP contribution in [0, 0.1) is 6.92 Å². The molecule has 1 aliphatic rings. The molecule has 1 aliphatic heterocycles. The lowest BCUT2D eigenvalue weighted by molar-refractivity contribution is 0.196. The van der Waals surface area contributed by atoms with Crippen LogP contribution in [0.15, 0.2) is 24.7 Å². The minimum Gasteiger partial charge on any atom is -0.334 e. The summed E-state index contributed by atoms with van der Waals surface area (Å²) in [5, 5.41) is 0. The van der Waals surface area contributed by atoms with Crippen molar-refractivity contribution >= 4 is 0 Å². The van der Waals surface area contributed by atoms with Crippen LogP contribution in [0.3, 0.4) is 0 Å². The second kappa shape index (κ2) is 7.01. The highest BCUT2D eigenvalue weighted by atomic mass is 15.2. The Morgan fingerprint density at radius 3 is 2.73 bits per heavy atom. The van der Waals surface area contributed by atoms with Gasteiger partial charge in [0.25, 0.3) is 0 Å². The first-order valence-electron chi connectivity index (χ1n) is 8.28. The molecule has 118 valence electrons. The molecule has 3 heterocycles. The Morgan fingerprint density at radius 2 is 2.00 bits per heavy atom. The summed E-state index contributed by atoms with van der Waals surface area (Å²) in [6, 6.07) is 2.07. The summed E-state index contributed by atoms with van der Waals surface area (Å²) in [5.74, 6) is 2.65. The van der Waals surface area contributed by atoms with E-state index in [2.05, 4.69) is 43.6 Å². The molecule has 3 rings (SSSR count). The van der Waals surface area contributed by atoms with Gasteiger partial charge in [-0.3, -0.25) is 4.90 Å². The van der Waals surface area contributed by atoms with Gasteiger partial charge in [0.05, 0.1) is 6.54 Å². The zero-order valence-corrected chi connectivity index (χ0v) is 13.6. The Morgan fingerprint density at radius 1 is 1.18 bits per heavy atom. The molecule has 0 aromatic carbocycles. The normalized spacial score (nSPS) is 17.0. The summed E-state index contributed by atoms with van der Waals surface area (Å²) >= 11 is 0. The maximum Gasteiger partial charge on any atom is 0.125 e. The maximum absolute atomic E-state index is 4.59.